The second-order valence-corrected chi connectivity index (χ2v) is 9.00. The third kappa shape index (κ3) is 10.1. The van der Waals surface area contributed by atoms with Crippen LogP contribution < -0.4 is 14.8 Å². The van der Waals surface area contributed by atoms with Gasteiger partial charge in [0.2, 0.25) is 5.91 Å². The molecule has 0 saturated carbocycles. The summed E-state index contributed by atoms with van der Waals surface area (Å²) in [5.74, 6) is 1.10. The van der Waals surface area contributed by atoms with Gasteiger partial charge < -0.3 is 19.5 Å². The highest BCUT2D eigenvalue weighted by Gasteiger charge is 2.26. The zero-order valence-electron chi connectivity index (χ0n) is 20.8. The summed E-state index contributed by atoms with van der Waals surface area (Å²) < 4.78 is 17.2. The van der Waals surface area contributed by atoms with Crippen LogP contribution in [-0.2, 0) is 14.3 Å². The zero-order valence-corrected chi connectivity index (χ0v) is 20.8. The molecule has 0 aromatic heterocycles. The first-order valence-electron chi connectivity index (χ1n) is 12.9. The maximum absolute atomic E-state index is 12.6. The van der Waals surface area contributed by atoms with Crippen LogP contribution in [0, 0.1) is 0 Å². The molecule has 1 aliphatic rings. The van der Waals surface area contributed by atoms with E-state index in [1.165, 1.54) is 25.7 Å². The molecule has 1 N–H and O–H groups in total. The van der Waals surface area contributed by atoms with Gasteiger partial charge in [0.1, 0.15) is 19.3 Å². The van der Waals surface area contributed by atoms with Crippen molar-refractivity contribution in [1.82, 2.24) is 5.32 Å². The molecule has 1 amide bonds. The number of carbonyl (C=O) groups is 2. The van der Waals surface area contributed by atoms with Crippen LogP contribution in [0.25, 0.3) is 0 Å². The van der Waals surface area contributed by atoms with Gasteiger partial charge in [-0.05, 0) is 37.5 Å². The molecule has 33 heavy (non-hydrogen) atoms. The second kappa shape index (κ2) is 15.6. The summed E-state index contributed by atoms with van der Waals surface area (Å²) in [5, 5.41) is 3.05. The lowest BCUT2D eigenvalue weighted by molar-refractivity contribution is -0.152. The number of esters is 1. The van der Waals surface area contributed by atoms with Crippen LogP contribution in [0.4, 0.5) is 0 Å². The van der Waals surface area contributed by atoms with E-state index in [1.807, 2.05) is 25.1 Å². The average molecular weight is 462 g/mol. The molecule has 1 heterocycles. The number of hydrogen-bond donors (Lipinski definition) is 1. The van der Waals surface area contributed by atoms with Gasteiger partial charge in [-0.15, -0.1) is 0 Å². The Morgan fingerprint density at radius 3 is 2.15 bits per heavy atom. The minimum atomic E-state index is -0.576. The fraction of sp³-hybridized carbons (Fsp3) is 0.704. The van der Waals surface area contributed by atoms with Crippen LogP contribution in [0.15, 0.2) is 18.2 Å². The smallest absolute Gasteiger partial charge is 0.306 e. The normalized spacial score (nSPS) is 14.4. The number of amides is 1. The molecule has 1 aliphatic heterocycles. The van der Waals surface area contributed by atoms with Gasteiger partial charge in [0.05, 0.1) is 6.04 Å². The maximum Gasteiger partial charge on any atom is 0.306 e. The van der Waals surface area contributed by atoms with E-state index in [9.17, 15) is 9.59 Å². The molecule has 2 atom stereocenters. The number of hydrogen-bond acceptors (Lipinski definition) is 5. The lowest BCUT2D eigenvalue weighted by Gasteiger charge is -2.27. The first-order chi connectivity index (χ1) is 16.0. The molecule has 2 rings (SSSR count). The third-order valence-electron chi connectivity index (χ3n) is 5.99. The summed E-state index contributed by atoms with van der Waals surface area (Å²) in [5.41, 5.74) is 0.800. The number of fused-ring (bicyclic) bond motifs is 1. The van der Waals surface area contributed by atoms with E-state index in [2.05, 4.69) is 19.2 Å². The van der Waals surface area contributed by atoms with Gasteiger partial charge >= 0.3 is 5.97 Å². The SMILES string of the molecule is CCCCCCCC(=O)N[C@H](C)[C@H](OC(=O)CCCCCCC)c1ccc2c(c1)OCCO2. The van der Waals surface area contributed by atoms with Crippen LogP contribution in [-0.4, -0.2) is 31.1 Å². The molecule has 0 radical (unpaired) electrons. The first-order valence-corrected chi connectivity index (χ1v) is 12.9. The quantitative estimate of drug-likeness (QED) is 0.232. The van der Waals surface area contributed by atoms with Crippen molar-refractivity contribution in [3.05, 3.63) is 23.8 Å². The highest BCUT2D eigenvalue weighted by atomic mass is 16.6. The predicted molar refractivity (Wildman–Crippen MR) is 131 cm³/mol. The van der Waals surface area contributed by atoms with Gasteiger partial charge in [0.25, 0.3) is 0 Å². The Morgan fingerprint density at radius 1 is 0.879 bits per heavy atom. The lowest BCUT2D eigenvalue weighted by Crippen LogP contribution is -2.38. The van der Waals surface area contributed by atoms with Gasteiger partial charge in [-0.1, -0.05) is 71.3 Å². The number of carbonyl (C=O) groups excluding carboxylic acids is 2. The Labute approximate surface area is 199 Å². The molecule has 186 valence electrons. The minimum Gasteiger partial charge on any atom is -0.486 e. The van der Waals surface area contributed by atoms with E-state index in [1.54, 1.807) is 0 Å². The number of rotatable bonds is 16. The summed E-state index contributed by atoms with van der Waals surface area (Å²) in [6, 6.07) is 5.25. The third-order valence-corrected chi connectivity index (χ3v) is 5.99. The van der Waals surface area contributed by atoms with Crippen LogP contribution >= 0.6 is 0 Å². The summed E-state index contributed by atoms with van der Waals surface area (Å²) in [4.78, 5) is 25.1. The van der Waals surface area contributed by atoms with Gasteiger partial charge in [-0.25, -0.2) is 0 Å². The highest BCUT2D eigenvalue weighted by molar-refractivity contribution is 5.76. The molecule has 6 heteroatoms. The second-order valence-electron chi connectivity index (χ2n) is 9.00. The van der Waals surface area contributed by atoms with Crippen molar-refractivity contribution in [2.24, 2.45) is 0 Å². The van der Waals surface area contributed by atoms with E-state index in [0.29, 0.717) is 37.6 Å². The Hall–Kier alpha value is -2.24. The molecular formula is C27H43NO5. The van der Waals surface area contributed by atoms with Crippen LogP contribution in [0.5, 0.6) is 11.5 Å². The first kappa shape index (κ1) is 27.0. The number of benzene rings is 1. The van der Waals surface area contributed by atoms with Crippen molar-refractivity contribution in [2.75, 3.05) is 13.2 Å². The Morgan fingerprint density at radius 2 is 1.48 bits per heavy atom. The zero-order chi connectivity index (χ0) is 23.9. The predicted octanol–water partition coefficient (Wildman–Crippen LogP) is 6.27. The van der Waals surface area contributed by atoms with Crippen molar-refractivity contribution < 1.29 is 23.8 Å². The largest absolute Gasteiger partial charge is 0.486 e. The van der Waals surface area contributed by atoms with Crippen molar-refractivity contribution in [3.8, 4) is 11.5 Å². The van der Waals surface area contributed by atoms with Gasteiger partial charge in [0.15, 0.2) is 11.5 Å². The van der Waals surface area contributed by atoms with Crippen molar-refractivity contribution in [3.63, 3.8) is 0 Å². The van der Waals surface area contributed by atoms with Crippen LogP contribution in [0.3, 0.4) is 0 Å². The van der Waals surface area contributed by atoms with E-state index in [4.69, 9.17) is 14.2 Å². The molecule has 0 saturated heterocycles. The van der Waals surface area contributed by atoms with Gasteiger partial charge in [-0.3, -0.25) is 9.59 Å². The highest BCUT2D eigenvalue weighted by Crippen LogP contribution is 2.34. The fourth-order valence-electron chi connectivity index (χ4n) is 4.06. The number of unbranched alkanes of at least 4 members (excludes halogenated alkanes) is 8. The topological polar surface area (TPSA) is 73.9 Å². The molecule has 0 aliphatic carbocycles. The van der Waals surface area contributed by atoms with Gasteiger partial charge in [-0.2, -0.15) is 0 Å². The Kier molecular flexibility index (Phi) is 12.7. The maximum atomic E-state index is 12.6. The van der Waals surface area contributed by atoms with Crippen LogP contribution in [0.2, 0.25) is 0 Å². The Balaban J connectivity index is 1.99. The molecule has 0 unspecified atom stereocenters. The fourth-order valence-corrected chi connectivity index (χ4v) is 4.06. The lowest BCUT2D eigenvalue weighted by atomic mass is 10.0. The molecule has 0 bridgehead atoms. The number of nitrogens with one attached hydrogen (secondary N) is 1. The number of ether oxygens (including phenoxy) is 3. The van der Waals surface area contributed by atoms with Crippen molar-refractivity contribution >= 4 is 11.9 Å². The standard InChI is InChI=1S/C27H43NO5/c1-4-6-8-10-12-14-25(29)28-21(3)27(33-26(30)15-13-11-9-7-5-2)22-16-17-23-24(20-22)32-19-18-31-23/h16-17,20-21,27H,4-15,18-19H2,1-3H3,(H,28,29)/t21-,27+/m1/s1. The van der Waals surface area contributed by atoms with Crippen molar-refractivity contribution in [2.45, 2.75) is 110 Å². The molecule has 6 nitrogen and oxygen atoms in total. The van der Waals surface area contributed by atoms with Gasteiger partial charge in [0, 0.05) is 12.8 Å². The van der Waals surface area contributed by atoms with Crippen molar-refractivity contribution in [1.29, 1.82) is 0 Å². The van der Waals surface area contributed by atoms with E-state index >= 15 is 0 Å². The summed E-state index contributed by atoms with van der Waals surface area (Å²) in [6.07, 6.45) is 11.2. The minimum absolute atomic E-state index is 0.00263. The average Bonchev–Trinajstić information content (AvgIpc) is 2.82. The summed E-state index contributed by atoms with van der Waals surface area (Å²) >= 11 is 0. The Bertz CT molecular complexity index is 720. The monoisotopic (exact) mass is 461 g/mol. The van der Waals surface area contributed by atoms with E-state index < -0.39 is 6.10 Å². The molecule has 0 spiro atoms. The van der Waals surface area contributed by atoms with E-state index in [-0.39, 0.29) is 17.9 Å². The summed E-state index contributed by atoms with van der Waals surface area (Å²) in [7, 11) is 0. The molecular weight excluding hydrogens is 418 g/mol. The molecule has 1 aromatic carbocycles. The van der Waals surface area contributed by atoms with Crippen LogP contribution in [0.1, 0.15) is 109 Å². The molecule has 0 fully saturated rings. The summed E-state index contributed by atoms with van der Waals surface area (Å²) in [6.45, 7) is 7.26. The van der Waals surface area contributed by atoms with E-state index in [0.717, 1.165) is 44.1 Å². The molecule has 1 aromatic rings.